The highest BCUT2D eigenvalue weighted by Crippen LogP contribution is 2.27. The van der Waals surface area contributed by atoms with Crippen LogP contribution >= 0.6 is 23.4 Å². The molecule has 0 unspecified atom stereocenters. The SMILES string of the molecule is CCN(CC)S(=O)(=O)c1cc(NC(=O)CSCCO)ccc1Cl. The average Bonchev–Trinajstić information content (AvgIpc) is 2.50. The third-order valence-electron chi connectivity index (χ3n) is 3.01. The van der Waals surface area contributed by atoms with Gasteiger partial charge in [-0.15, -0.1) is 11.8 Å². The number of thioether (sulfide) groups is 1. The summed E-state index contributed by atoms with van der Waals surface area (Å²) >= 11 is 7.32. The minimum atomic E-state index is -3.70. The molecule has 9 heteroatoms. The first-order valence-electron chi connectivity index (χ1n) is 7.14. The van der Waals surface area contributed by atoms with Crippen molar-refractivity contribution in [3.8, 4) is 0 Å². The normalized spacial score (nSPS) is 11.7. The van der Waals surface area contributed by atoms with E-state index in [1.807, 2.05) is 0 Å². The first-order chi connectivity index (χ1) is 10.9. The number of sulfonamides is 1. The number of nitrogens with zero attached hydrogens (tertiary/aromatic N) is 1. The van der Waals surface area contributed by atoms with Crippen LogP contribution in [0.1, 0.15) is 13.8 Å². The summed E-state index contributed by atoms with van der Waals surface area (Å²) in [5, 5.41) is 11.4. The Morgan fingerprint density at radius 1 is 1.35 bits per heavy atom. The Morgan fingerprint density at radius 2 is 2.00 bits per heavy atom. The molecule has 0 aromatic heterocycles. The van der Waals surface area contributed by atoms with Gasteiger partial charge in [0.2, 0.25) is 15.9 Å². The summed E-state index contributed by atoms with van der Waals surface area (Å²) in [4.78, 5) is 11.7. The summed E-state index contributed by atoms with van der Waals surface area (Å²) in [6, 6.07) is 4.37. The lowest BCUT2D eigenvalue weighted by Gasteiger charge is -2.19. The molecule has 0 radical (unpaired) electrons. The molecule has 0 spiro atoms. The minimum Gasteiger partial charge on any atom is -0.396 e. The van der Waals surface area contributed by atoms with E-state index in [0.717, 1.165) is 0 Å². The Bertz CT molecular complexity index is 634. The summed E-state index contributed by atoms with van der Waals surface area (Å²) in [5.74, 6) is 0.383. The fourth-order valence-electron chi connectivity index (χ4n) is 1.91. The quantitative estimate of drug-likeness (QED) is 0.640. The molecule has 0 atom stereocenters. The molecular weight excluding hydrogens is 360 g/mol. The van der Waals surface area contributed by atoms with Gasteiger partial charge in [0.25, 0.3) is 0 Å². The summed E-state index contributed by atoms with van der Waals surface area (Å²) in [6.45, 7) is 4.18. The van der Waals surface area contributed by atoms with Crippen molar-refractivity contribution in [2.24, 2.45) is 0 Å². The molecule has 0 aliphatic heterocycles. The van der Waals surface area contributed by atoms with Crippen molar-refractivity contribution in [2.75, 3.05) is 36.5 Å². The van der Waals surface area contributed by atoms with Crippen LogP contribution in [0.25, 0.3) is 0 Å². The molecule has 0 aliphatic rings. The van der Waals surface area contributed by atoms with Gasteiger partial charge in [0, 0.05) is 24.5 Å². The predicted octanol–water partition coefficient (Wildman–Crippen LogP) is 2.03. The average molecular weight is 381 g/mol. The maximum absolute atomic E-state index is 12.6. The first kappa shape index (κ1) is 20.2. The third-order valence-corrected chi connectivity index (χ3v) is 6.48. The number of hydrogen-bond donors (Lipinski definition) is 2. The van der Waals surface area contributed by atoms with Crippen molar-refractivity contribution in [2.45, 2.75) is 18.7 Å². The number of carbonyl (C=O) groups excluding carboxylic acids is 1. The lowest BCUT2D eigenvalue weighted by atomic mass is 10.3. The standard InChI is InChI=1S/C14H21ClN2O4S2/c1-3-17(4-2)23(20,21)13-9-11(5-6-12(13)15)16-14(19)10-22-8-7-18/h5-6,9,18H,3-4,7-8,10H2,1-2H3,(H,16,19). The van der Waals surface area contributed by atoms with E-state index in [2.05, 4.69) is 5.32 Å². The van der Waals surface area contributed by atoms with Gasteiger partial charge in [0.05, 0.1) is 17.4 Å². The Hall–Kier alpha value is -0.800. The number of amides is 1. The van der Waals surface area contributed by atoms with Crippen LogP contribution in [0.3, 0.4) is 0 Å². The Kier molecular flexibility index (Phi) is 8.35. The van der Waals surface area contributed by atoms with Crippen molar-refractivity contribution in [1.29, 1.82) is 0 Å². The van der Waals surface area contributed by atoms with Crippen LogP contribution in [0.2, 0.25) is 5.02 Å². The Labute approximate surface area is 146 Å². The van der Waals surface area contributed by atoms with Crippen molar-refractivity contribution in [1.82, 2.24) is 4.31 Å². The molecule has 1 aromatic rings. The van der Waals surface area contributed by atoms with Crippen LogP contribution < -0.4 is 5.32 Å². The molecule has 0 aliphatic carbocycles. The molecule has 23 heavy (non-hydrogen) atoms. The zero-order valence-corrected chi connectivity index (χ0v) is 15.5. The first-order valence-corrected chi connectivity index (χ1v) is 10.1. The van der Waals surface area contributed by atoms with E-state index in [1.165, 1.54) is 28.2 Å². The van der Waals surface area contributed by atoms with Crippen molar-refractivity contribution in [3.05, 3.63) is 23.2 Å². The van der Waals surface area contributed by atoms with E-state index in [0.29, 0.717) is 24.5 Å². The summed E-state index contributed by atoms with van der Waals surface area (Å²) in [6.07, 6.45) is 0. The largest absolute Gasteiger partial charge is 0.396 e. The Balaban J connectivity index is 2.98. The van der Waals surface area contributed by atoms with E-state index in [4.69, 9.17) is 16.7 Å². The number of benzene rings is 1. The maximum atomic E-state index is 12.6. The molecule has 0 bridgehead atoms. The number of rotatable bonds is 9. The fourth-order valence-corrected chi connectivity index (χ4v) is 4.40. The second kappa shape index (κ2) is 9.48. The molecule has 6 nitrogen and oxygen atoms in total. The van der Waals surface area contributed by atoms with Gasteiger partial charge in [-0.05, 0) is 18.2 Å². The molecule has 0 saturated heterocycles. The van der Waals surface area contributed by atoms with E-state index >= 15 is 0 Å². The molecule has 0 heterocycles. The van der Waals surface area contributed by atoms with Crippen molar-refractivity contribution in [3.63, 3.8) is 0 Å². The smallest absolute Gasteiger partial charge is 0.244 e. The number of aliphatic hydroxyl groups excluding tert-OH is 1. The number of nitrogens with one attached hydrogen (secondary N) is 1. The van der Waals surface area contributed by atoms with Crippen molar-refractivity contribution >= 4 is 45.0 Å². The van der Waals surface area contributed by atoms with Crippen LogP contribution in [-0.2, 0) is 14.8 Å². The van der Waals surface area contributed by atoms with E-state index in [1.54, 1.807) is 19.9 Å². The second-order valence-electron chi connectivity index (χ2n) is 4.56. The van der Waals surface area contributed by atoms with E-state index in [9.17, 15) is 13.2 Å². The highest BCUT2D eigenvalue weighted by Gasteiger charge is 2.24. The van der Waals surface area contributed by atoms with Gasteiger partial charge < -0.3 is 10.4 Å². The topological polar surface area (TPSA) is 86.7 Å². The number of halogens is 1. The van der Waals surface area contributed by atoms with Gasteiger partial charge in [-0.1, -0.05) is 25.4 Å². The second-order valence-corrected chi connectivity index (χ2v) is 7.98. The van der Waals surface area contributed by atoms with Gasteiger partial charge >= 0.3 is 0 Å². The zero-order chi connectivity index (χ0) is 17.5. The highest BCUT2D eigenvalue weighted by atomic mass is 35.5. The summed E-state index contributed by atoms with van der Waals surface area (Å²) in [5.41, 5.74) is 0.370. The fraction of sp³-hybridized carbons (Fsp3) is 0.500. The van der Waals surface area contributed by atoms with Gasteiger partial charge in [-0.3, -0.25) is 4.79 Å². The minimum absolute atomic E-state index is 0.00511. The molecule has 130 valence electrons. The van der Waals surface area contributed by atoms with Crippen molar-refractivity contribution < 1.29 is 18.3 Å². The molecule has 1 aromatic carbocycles. The van der Waals surface area contributed by atoms with E-state index < -0.39 is 10.0 Å². The molecule has 2 N–H and O–H groups in total. The van der Waals surface area contributed by atoms with Gasteiger partial charge in [0.1, 0.15) is 4.90 Å². The molecular formula is C14H21ClN2O4S2. The van der Waals surface area contributed by atoms with Gasteiger partial charge in [-0.2, -0.15) is 4.31 Å². The number of anilines is 1. The Morgan fingerprint density at radius 3 is 2.57 bits per heavy atom. The maximum Gasteiger partial charge on any atom is 0.244 e. The van der Waals surface area contributed by atoms with E-state index in [-0.39, 0.29) is 28.2 Å². The summed E-state index contributed by atoms with van der Waals surface area (Å²) < 4.78 is 26.4. The zero-order valence-electron chi connectivity index (χ0n) is 13.1. The monoisotopic (exact) mass is 380 g/mol. The lowest BCUT2D eigenvalue weighted by molar-refractivity contribution is -0.113. The van der Waals surface area contributed by atoms with Crippen LogP contribution in [0.5, 0.6) is 0 Å². The lowest BCUT2D eigenvalue weighted by Crippen LogP contribution is -2.31. The molecule has 0 saturated carbocycles. The van der Waals surface area contributed by atoms with Gasteiger partial charge in [-0.25, -0.2) is 8.42 Å². The van der Waals surface area contributed by atoms with Gasteiger partial charge in [0.15, 0.2) is 0 Å². The van der Waals surface area contributed by atoms with Crippen LogP contribution in [0, 0.1) is 0 Å². The number of hydrogen-bond acceptors (Lipinski definition) is 5. The molecule has 1 amide bonds. The van der Waals surface area contributed by atoms with Crippen LogP contribution in [0.15, 0.2) is 23.1 Å². The predicted molar refractivity (Wildman–Crippen MR) is 94.6 cm³/mol. The number of carbonyl (C=O) groups is 1. The summed E-state index contributed by atoms with van der Waals surface area (Å²) in [7, 11) is -3.70. The third kappa shape index (κ3) is 5.65. The van der Waals surface area contributed by atoms with Crippen LogP contribution in [0.4, 0.5) is 5.69 Å². The molecule has 0 fully saturated rings. The number of aliphatic hydroxyl groups is 1. The van der Waals surface area contributed by atoms with Crippen LogP contribution in [-0.4, -0.2) is 54.9 Å². The highest BCUT2D eigenvalue weighted by molar-refractivity contribution is 7.99. The molecule has 1 rings (SSSR count).